The minimum atomic E-state index is 0.113. The lowest BCUT2D eigenvalue weighted by atomic mass is 9.85. The normalized spacial score (nSPS) is 12.1. The van der Waals surface area contributed by atoms with Gasteiger partial charge in [-0.1, -0.05) is 120 Å². The summed E-state index contributed by atoms with van der Waals surface area (Å²) >= 11 is 0. The molecule has 0 atom stereocenters. The molecule has 0 aliphatic carbocycles. The van der Waals surface area contributed by atoms with Gasteiger partial charge in [0.2, 0.25) is 0 Å². The molecule has 4 rings (SSSR count). The maximum Gasteiger partial charge on any atom is 0.0972 e. The van der Waals surface area contributed by atoms with E-state index in [1.54, 1.807) is 0 Å². The van der Waals surface area contributed by atoms with Crippen LogP contribution in [-0.4, -0.2) is 9.97 Å². The van der Waals surface area contributed by atoms with Gasteiger partial charge < -0.3 is 0 Å². The summed E-state index contributed by atoms with van der Waals surface area (Å²) in [6, 6.07) is 27.7. The van der Waals surface area contributed by atoms with Gasteiger partial charge in [0, 0.05) is 16.7 Å². The molecule has 0 aliphatic rings. The van der Waals surface area contributed by atoms with Crippen LogP contribution >= 0.6 is 0 Å². The predicted molar refractivity (Wildman–Crippen MR) is 136 cm³/mol. The molecule has 2 heteroatoms. The first-order valence-electron chi connectivity index (χ1n) is 11.3. The molecule has 3 aromatic carbocycles. The third-order valence-corrected chi connectivity index (χ3v) is 5.89. The van der Waals surface area contributed by atoms with E-state index in [2.05, 4.69) is 102 Å². The van der Waals surface area contributed by atoms with Crippen LogP contribution in [0.1, 0.15) is 52.7 Å². The number of benzene rings is 3. The second kappa shape index (κ2) is 8.35. The highest BCUT2D eigenvalue weighted by Crippen LogP contribution is 2.34. The minimum absolute atomic E-state index is 0.113. The molecule has 0 spiro atoms. The van der Waals surface area contributed by atoms with Crippen LogP contribution in [0.15, 0.2) is 85.1 Å². The van der Waals surface area contributed by atoms with E-state index in [-0.39, 0.29) is 10.8 Å². The fourth-order valence-corrected chi connectivity index (χ4v) is 3.81. The van der Waals surface area contributed by atoms with Gasteiger partial charge in [-0.3, -0.25) is 4.98 Å². The second-order valence-corrected chi connectivity index (χ2v) is 10.5. The summed E-state index contributed by atoms with van der Waals surface area (Å²) in [5.74, 6) is 0. The molecule has 4 aromatic rings. The van der Waals surface area contributed by atoms with E-state index in [9.17, 15) is 0 Å². The third kappa shape index (κ3) is 4.65. The van der Waals surface area contributed by atoms with Crippen LogP contribution in [0.25, 0.3) is 33.8 Å². The van der Waals surface area contributed by atoms with Gasteiger partial charge >= 0.3 is 0 Å². The molecule has 0 bridgehead atoms. The number of nitrogens with zero attached hydrogens (tertiary/aromatic N) is 2. The van der Waals surface area contributed by atoms with E-state index in [0.717, 1.165) is 33.8 Å². The molecular formula is C30H32N2. The van der Waals surface area contributed by atoms with E-state index in [0.29, 0.717) is 0 Å². The molecule has 0 saturated carbocycles. The zero-order chi connectivity index (χ0) is 22.9. The van der Waals surface area contributed by atoms with Crippen molar-refractivity contribution in [3.63, 3.8) is 0 Å². The Morgan fingerprint density at radius 1 is 0.500 bits per heavy atom. The van der Waals surface area contributed by atoms with Crippen molar-refractivity contribution in [2.24, 2.45) is 0 Å². The molecule has 2 nitrogen and oxygen atoms in total. The lowest BCUT2D eigenvalue weighted by Crippen LogP contribution is -2.10. The molecule has 162 valence electrons. The maximum absolute atomic E-state index is 5.09. The molecule has 0 fully saturated rings. The molecule has 0 amide bonds. The Balaban J connectivity index is 1.85. The molecular weight excluding hydrogens is 388 g/mol. The van der Waals surface area contributed by atoms with Gasteiger partial charge in [-0.25, -0.2) is 4.98 Å². The number of aromatic nitrogens is 2. The Morgan fingerprint density at radius 2 is 0.969 bits per heavy atom. The van der Waals surface area contributed by atoms with Gasteiger partial charge in [0.25, 0.3) is 0 Å². The Bertz CT molecular complexity index is 1190. The van der Waals surface area contributed by atoms with Crippen molar-refractivity contribution in [1.29, 1.82) is 0 Å². The fourth-order valence-electron chi connectivity index (χ4n) is 3.81. The van der Waals surface area contributed by atoms with Crippen molar-refractivity contribution >= 4 is 0 Å². The highest BCUT2D eigenvalue weighted by Gasteiger charge is 2.18. The number of rotatable bonds is 3. The first kappa shape index (κ1) is 22.0. The van der Waals surface area contributed by atoms with Crippen molar-refractivity contribution in [3.8, 4) is 33.8 Å². The Labute approximate surface area is 192 Å². The summed E-state index contributed by atoms with van der Waals surface area (Å²) in [4.78, 5) is 9.99. The van der Waals surface area contributed by atoms with Crippen molar-refractivity contribution < 1.29 is 0 Å². The highest BCUT2D eigenvalue weighted by molar-refractivity contribution is 5.80. The fraction of sp³-hybridized carbons (Fsp3) is 0.267. The topological polar surface area (TPSA) is 25.8 Å². The summed E-state index contributed by atoms with van der Waals surface area (Å²) in [5, 5.41) is 0. The number of hydrogen-bond acceptors (Lipinski definition) is 2. The van der Waals surface area contributed by atoms with Gasteiger partial charge in [-0.2, -0.15) is 0 Å². The van der Waals surface area contributed by atoms with Crippen molar-refractivity contribution in [1.82, 2.24) is 9.97 Å². The van der Waals surface area contributed by atoms with E-state index in [1.807, 2.05) is 24.4 Å². The van der Waals surface area contributed by atoms with Gasteiger partial charge in [0.15, 0.2) is 0 Å². The Hall–Kier alpha value is -3.26. The van der Waals surface area contributed by atoms with Crippen LogP contribution in [0.3, 0.4) is 0 Å². The van der Waals surface area contributed by atoms with Gasteiger partial charge in [0.1, 0.15) is 0 Å². The molecule has 0 aliphatic heterocycles. The molecule has 0 unspecified atom stereocenters. The van der Waals surface area contributed by atoms with Crippen molar-refractivity contribution in [3.05, 3.63) is 96.2 Å². The third-order valence-electron chi connectivity index (χ3n) is 5.89. The second-order valence-electron chi connectivity index (χ2n) is 10.5. The van der Waals surface area contributed by atoms with E-state index in [1.165, 1.54) is 11.1 Å². The largest absolute Gasteiger partial charge is 0.252 e. The SMILES string of the molecule is CC(C)(C)c1ccc(-c2ncc(-c3ccccc3)nc2-c2ccc(C(C)(C)C)cc2)cc1. The molecule has 1 heterocycles. The average Bonchev–Trinajstić information content (AvgIpc) is 2.78. The summed E-state index contributed by atoms with van der Waals surface area (Å²) in [7, 11) is 0. The number of hydrogen-bond donors (Lipinski definition) is 0. The van der Waals surface area contributed by atoms with Crippen LogP contribution in [0.2, 0.25) is 0 Å². The molecule has 0 saturated heterocycles. The minimum Gasteiger partial charge on any atom is -0.252 e. The van der Waals surface area contributed by atoms with Gasteiger partial charge in [-0.05, 0) is 22.0 Å². The molecule has 0 radical (unpaired) electrons. The Morgan fingerprint density at radius 3 is 1.44 bits per heavy atom. The van der Waals surface area contributed by atoms with Crippen LogP contribution in [-0.2, 0) is 10.8 Å². The summed E-state index contributed by atoms with van der Waals surface area (Å²) in [6.45, 7) is 13.4. The van der Waals surface area contributed by atoms with Crippen LogP contribution in [0.5, 0.6) is 0 Å². The first-order chi connectivity index (χ1) is 15.1. The zero-order valence-corrected chi connectivity index (χ0v) is 20.0. The van der Waals surface area contributed by atoms with Crippen molar-refractivity contribution in [2.45, 2.75) is 52.4 Å². The maximum atomic E-state index is 5.09. The van der Waals surface area contributed by atoms with E-state index in [4.69, 9.17) is 9.97 Å². The standard InChI is InChI=1S/C30H32N2/c1-29(2,3)24-16-12-22(13-17-24)27-28(23-14-18-25(19-15-23)30(4,5)6)32-26(20-31-27)21-10-8-7-9-11-21/h7-20H,1-6H3. The zero-order valence-electron chi connectivity index (χ0n) is 20.0. The lowest BCUT2D eigenvalue weighted by molar-refractivity contribution is 0.590. The van der Waals surface area contributed by atoms with Crippen molar-refractivity contribution in [2.75, 3.05) is 0 Å². The van der Waals surface area contributed by atoms with E-state index >= 15 is 0 Å². The predicted octanol–water partition coefficient (Wildman–Crippen LogP) is 8.07. The summed E-state index contributed by atoms with van der Waals surface area (Å²) in [6.07, 6.45) is 1.88. The smallest absolute Gasteiger partial charge is 0.0972 e. The van der Waals surface area contributed by atoms with Crippen LogP contribution in [0.4, 0.5) is 0 Å². The molecule has 1 aromatic heterocycles. The van der Waals surface area contributed by atoms with Crippen LogP contribution in [0, 0.1) is 0 Å². The lowest BCUT2D eigenvalue weighted by Gasteiger charge is -2.20. The van der Waals surface area contributed by atoms with Gasteiger partial charge in [0.05, 0.1) is 23.3 Å². The highest BCUT2D eigenvalue weighted by atomic mass is 14.8. The van der Waals surface area contributed by atoms with E-state index < -0.39 is 0 Å². The monoisotopic (exact) mass is 420 g/mol. The Kier molecular flexibility index (Phi) is 5.73. The quantitative estimate of drug-likeness (QED) is 0.335. The molecule has 32 heavy (non-hydrogen) atoms. The molecule has 0 N–H and O–H groups in total. The van der Waals surface area contributed by atoms with Crippen LogP contribution < -0.4 is 0 Å². The van der Waals surface area contributed by atoms with Gasteiger partial charge in [-0.15, -0.1) is 0 Å². The summed E-state index contributed by atoms with van der Waals surface area (Å²) < 4.78 is 0. The summed E-state index contributed by atoms with van der Waals surface area (Å²) in [5.41, 5.74) is 8.80. The first-order valence-corrected chi connectivity index (χ1v) is 11.3. The average molecular weight is 421 g/mol.